The fourth-order valence-corrected chi connectivity index (χ4v) is 8.63. The lowest BCUT2D eigenvalue weighted by Gasteiger charge is -2.59. The first-order chi connectivity index (χ1) is 14.4. The largest absolute Gasteiger partial charge is 0.393 e. The third-order valence-corrected chi connectivity index (χ3v) is 10.6. The lowest BCUT2D eigenvalue weighted by Crippen LogP contribution is -2.55. The highest BCUT2D eigenvalue weighted by Crippen LogP contribution is 2.67. The van der Waals surface area contributed by atoms with Crippen LogP contribution in [0, 0.1) is 40.4 Å². The monoisotopic (exact) mass is 438 g/mol. The number of halogens is 2. The minimum atomic E-state index is -1.75. The molecule has 4 aliphatic carbocycles. The Kier molecular flexibility index (Phi) is 6.17. The lowest BCUT2D eigenvalue weighted by atomic mass is 9.46. The number of allylic oxidation sites excluding steroid dienone is 1. The highest BCUT2D eigenvalue weighted by Gasteiger charge is 2.60. The third-order valence-electron chi connectivity index (χ3n) is 10.6. The molecule has 4 rings (SSSR count). The average Bonchev–Trinajstić information content (AvgIpc) is 3.03. The molecule has 0 bridgehead atoms. The fraction of sp³-hybridized carbons (Fsp3) is 0.926. The van der Waals surface area contributed by atoms with Crippen molar-refractivity contribution < 1.29 is 19.0 Å². The van der Waals surface area contributed by atoms with E-state index in [-0.39, 0.29) is 10.8 Å². The van der Waals surface area contributed by atoms with E-state index in [1.807, 2.05) is 0 Å². The maximum absolute atomic E-state index is 14.2. The summed E-state index contributed by atoms with van der Waals surface area (Å²) in [6.45, 7) is 9.68. The molecule has 2 N–H and O–H groups in total. The smallest absolute Gasteiger partial charge is 0.136 e. The SMILES string of the molecule is C[C@H](CCC(F)C(C)(C)F)[C@H]1CC[C@H]2[C@@H]3CC=C4C[C@@H](O)CC(O)[C@]4(C)[C@H]3CC[C@]12C. The van der Waals surface area contributed by atoms with E-state index in [2.05, 4.69) is 26.8 Å². The summed E-state index contributed by atoms with van der Waals surface area (Å²) in [5.41, 5.74) is -0.398. The van der Waals surface area contributed by atoms with Crippen LogP contribution >= 0.6 is 0 Å². The van der Waals surface area contributed by atoms with Crippen LogP contribution < -0.4 is 0 Å². The number of aliphatic hydroxyl groups excluding tert-OH is 2. The number of aliphatic hydroxyl groups is 2. The predicted octanol–water partition coefficient (Wildman–Crippen LogP) is 6.40. The molecule has 3 fully saturated rings. The Labute approximate surface area is 187 Å². The zero-order chi connectivity index (χ0) is 22.8. The van der Waals surface area contributed by atoms with Gasteiger partial charge in [0.25, 0.3) is 0 Å². The van der Waals surface area contributed by atoms with Gasteiger partial charge in [-0.15, -0.1) is 0 Å². The first-order valence-corrected chi connectivity index (χ1v) is 12.8. The Balaban J connectivity index is 1.50. The molecular weight excluding hydrogens is 394 g/mol. The Bertz CT molecular complexity index is 700. The number of hydrogen-bond donors (Lipinski definition) is 2. The van der Waals surface area contributed by atoms with Crippen LogP contribution in [-0.4, -0.2) is 34.3 Å². The summed E-state index contributed by atoms with van der Waals surface area (Å²) >= 11 is 0. The van der Waals surface area contributed by atoms with Gasteiger partial charge in [0.15, 0.2) is 0 Å². The van der Waals surface area contributed by atoms with Crippen molar-refractivity contribution in [1.82, 2.24) is 0 Å². The van der Waals surface area contributed by atoms with E-state index in [1.54, 1.807) is 0 Å². The van der Waals surface area contributed by atoms with E-state index in [0.717, 1.165) is 19.3 Å². The summed E-state index contributed by atoms with van der Waals surface area (Å²) in [4.78, 5) is 0. The molecule has 31 heavy (non-hydrogen) atoms. The maximum Gasteiger partial charge on any atom is 0.136 e. The molecule has 0 spiro atoms. The Morgan fingerprint density at radius 3 is 2.52 bits per heavy atom. The van der Waals surface area contributed by atoms with E-state index in [0.29, 0.717) is 48.9 Å². The number of alkyl halides is 2. The van der Waals surface area contributed by atoms with Crippen LogP contribution in [0.3, 0.4) is 0 Å². The highest BCUT2D eigenvalue weighted by molar-refractivity contribution is 5.27. The van der Waals surface area contributed by atoms with Gasteiger partial charge in [0, 0.05) is 11.8 Å². The van der Waals surface area contributed by atoms with Crippen molar-refractivity contribution in [1.29, 1.82) is 0 Å². The molecule has 0 aromatic rings. The van der Waals surface area contributed by atoms with E-state index in [1.165, 1.54) is 38.7 Å². The van der Waals surface area contributed by atoms with Crippen LogP contribution in [0.2, 0.25) is 0 Å². The van der Waals surface area contributed by atoms with E-state index in [4.69, 9.17) is 0 Å². The van der Waals surface area contributed by atoms with Gasteiger partial charge in [-0.25, -0.2) is 8.78 Å². The molecular formula is C27H44F2O2. The number of fused-ring (bicyclic) bond motifs is 5. The number of rotatable bonds is 5. The molecule has 0 aliphatic heterocycles. The molecule has 10 atom stereocenters. The summed E-state index contributed by atoms with van der Waals surface area (Å²) in [6, 6.07) is 0. The van der Waals surface area contributed by atoms with Gasteiger partial charge < -0.3 is 10.2 Å². The van der Waals surface area contributed by atoms with Crippen LogP contribution in [-0.2, 0) is 0 Å². The van der Waals surface area contributed by atoms with E-state index >= 15 is 0 Å². The molecule has 0 radical (unpaired) electrons. The summed E-state index contributed by atoms with van der Waals surface area (Å²) < 4.78 is 28.2. The second kappa shape index (κ2) is 8.08. The Morgan fingerprint density at radius 2 is 1.84 bits per heavy atom. The van der Waals surface area contributed by atoms with Gasteiger partial charge in [0.2, 0.25) is 0 Å². The standard InChI is InChI=1S/C27H44F2O2/c1-16(6-11-23(28)25(2,3)29)20-9-10-21-19-8-7-17-14-18(30)15-24(31)27(17,5)22(19)12-13-26(20,21)4/h7,16,18-24,30-31H,6,8-15H2,1-5H3/t16-,18-,19+,20-,21+,22+,23?,24?,26-,27+/m1/s1. The molecule has 2 nitrogen and oxygen atoms in total. The zero-order valence-corrected chi connectivity index (χ0v) is 20.2. The molecule has 0 saturated heterocycles. The second-order valence-corrected chi connectivity index (χ2v) is 12.5. The van der Waals surface area contributed by atoms with Gasteiger partial charge in [-0.2, -0.15) is 0 Å². The van der Waals surface area contributed by atoms with Crippen LogP contribution in [0.25, 0.3) is 0 Å². The minimum Gasteiger partial charge on any atom is -0.393 e. The van der Waals surface area contributed by atoms with Crippen molar-refractivity contribution in [3.8, 4) is 0 Å². The topological polar surface area (TPSA) is 40.5 Å². The molecule has 0 amide bonds. The molecule has 3 saturated carbocycles. The second-order valence-electron chi connectivity index (χ2n) is 12.5. The molecule has 4 aliphatic rings. The normalized spacial score (nSPS) is 47.1. The molecule has 178 valence electrons. The Morgan fingerprint density at radius 1 is 1.13 bits per heavy atom. The van der Waals surface area contributed by atoms with Crippen molar-refractivity contribution in [3.05, 3.63) is 11.6 Å². The van der Waals surface area contributed by atoms with Crippen molar-refractivity contribution in [2.75, 3.05) is 0 Å². The van der Waals surface area contributed by atoms with Gasteiger partial charge in [-0.1, -0.05) is 32.4 Å². The molecule has 4 heteroatoms. The molecule has 0 heterocycles. The van der Waals surface area contributed by atoms with Crippen LogP contribution in [0.4, 0.5) is 8.78 Å². The van der Waals surface area contributed by atoms with E-state index in [9.17, 15) is 19.0 Å². The fourth-order valence-electron chi connectivity index (χ4n) is 8.63. The third kappa shape index (κ3) is 3.82. The summed E-state index contributed by atoms with van der Waals surface area (Å²) in [5, 5.41) is 21.2. The maximum atomic E-state index is 14.2. The van der Waals surface area contributed by atoms with Crippen molar-refractivity contribution in [2.45, 2.75) is 116 Å². The summed E-state index contributed by atoms with van der Waals surface area (Å²) in [7, 11) is 0. The quantitative estimate of drug-likeness (QED) is 0.488. The van der Waals surface area contributed by atoms with Gasteiger partial charge in [0.05, 0.1) is 12.2 Å². The van der Waals surface area contributed by atoms with Crippen LogP contribution in [0.1, 0.15) is 92.4 Å². The van der Waals surface area contributed by atoms with Crippen LogP contribution in [0.15, 0.2) is 11.6 Å². The van der Waals surface area contributed by atoms with E-state index < -0.39 is 24.0 Å². The lowest BCUT2D eigenvalue weighted by molar-refractivity contribution is -0.108. The van der Waals surface area contributed by atoms with Crippen molar-refractivity contribution >= 4 is 0 Å². The van der Waals surface area contributed by atoms with Crippen molar-refractivity contribution in [2.24, 2.45) is 40.4 Å². The van der Waals surface area contributed by atoms with Gasteiger partial charge in [0.1, 0.15) is 11.8 Å². The molecule has 2 unspecified atom stereocenters. The van der Waals surface area contributed by atoms with Gasteiger partial charge >= 0.3 is 0 Å². The average molecular weight is 439 g/mol. The summed E-state index contributed by atoms with van der Waals surface area (Å²) in [6.07, 6.45) is 8.15. The minimum absolute atomic E-state index is 0.193. The van der Waals surface area contributed by atoms with Crippen LogP contribution in [0.5, 0.6) is 0 Å². The molecule has 0 aromatic heterocycles. The van der Waals surface area contributed by atoms with Crippen molar-refractivity contribution in [3.63, 3.8) is 0 Å². The highest BCUT2D eigenvalue weighted by atomic mass is 19.2. The first-order valence-electron chi connectivity index (χ1n) is 12.8. The Hall–Kier alpha value is -0.480. The molecule has 0 aromatic carbocycles. The first kappa shape index (κ1) is 23.7. The predicted molar refractivity (Wildman–Crippen MR) is 121 cm³/mol. The van der Waals surface area contributed by atoms with Gasteiger partial charge in [-0.05, 0) is 100 Å². The number of hydrogen-bond acceptors (Lipinski definition) is 2. The van der Waals surface area contributed by atoms with Gasteiger partial charge in [-0.3, -0.25) is 0 Å². The summed E-state index contributed by atoms with van der Waals surface area (Å²) in [5.74, 6) is 2.71. The zero-order valence-electron chi connectivity index (χ0n) is 20.2.